The van der Waals surface area contributed by atoms with Crippen molar-refractivity contribution in [3.05, 3.63) is 30.0 Å². The van der Waals surface area contributed by atoms with E-state index in [0.29, 0.717) is 31.0 Å². The lowest BCUT2D eigenvalue weighted by molar-refractivity contribution is -0.109. The maximum absolute atomic E-state index is 13.4. The van der Waals surface area contributed by atoms with Crippen LogP contribution in [0.4, 0.5) is 0 Å². The topological polar surface area (TPSA) is 75.9 Å². The Kier molecular flexibility index (Phi) is 5.00. The van der Waals surface area contributed by atoms with Crippen LogP contribution in [0.2, 0.25) is 0 Å². The van der Waals surface area contributed by atoms with Crippen LogP contribution in [0.5, 0.6) is 0 Å². The van der Waals surface area contributed by atoms with Crippen molar-refractivity contribution in [3.63, 3.8) is 0 Å². The maximum atomic E-state index is 13.4. The number of para-hydroxylation sites is 1. The molecular formula is C19H27N3O4S. The lowest BCUT2D eigenvalue weighted by Crippen LogP contribution is -2.59. The van der Waals surface area contributed by atoms with Crippen LogP contribution in [0, 0.1) is 0 Å². The van der Waals surface area contributed by atoms with E-state index >= 15 is 0 Å². The first-order valence-electron chi connectivity index (χ1n) is 9.50. The van der Waals surface area contributed by atoms with Gasteiger partial charge in [-0.05, 0) is 39.1 Å². The van der Waals surface area contributed by atoms with Crippen molar-refractivity contribution in [2.45, 2.75) is 43.1 Å². The molecular weight excluding hydrogens is 366 g/mol. The number of sulfonamides is 1. The molecule has 7 nitrogen and oxygen atoms in total. The van der Waals surface area contributed by atoms with Gasteiger partial charge in [0.1, 0.15) is 11.4 Å². The molecule has 1 spiro atoms. The number of rotatable bonds is 5. The van der Waals surface area contributed by atoms with Crippen LogP contribution in [-0.4, -0.2) is 68.2 Å². The van der Waals surface area contributed by atoms with E-state index in [0.717, 1.165) is 31.1 Å². The number of ether oxygens (including phenoxy) is 1. The number of aromatic nitrogens is 1. The van der Waals surface area contributed by atoms with Gasteiger partial charge in [-0.3, -0.25) is 0 Å². The Morgan fingerprint density at radius 1 is 1.26 bits per heavy atom. The van der Waals surface area contributed by atoms with E-state index in [9.17, 15) is 8.42 Å². The number of hydrogen-bond donors (Lipinski definition) is 0. The molecule has 148 valence electrons. The summed E-state index contributed by atoms with van der Waals surface area (Å²) in [6.07, 6.45) is 4.06. The van der Waals surface area contributed by atoms with E-state index < -0.39 is 10.0 Å². The first-order chi connectivity index (χ1) is 12.9. The van der Waals surface area contributed by atoms with E-state index in [1.165, 1.54) is 0 Å². The Labute approximate surface area is 160 Å². The summed E-state index contributed by atoms with van der Waals surface area (Å²) in [6, 6.07) is 7.19. The Balaban J connectivity index is 1.63. The molecule has 2 heterocycles. The third kappa shape index (κ3) is 3.76. The molecule has 2 aliphatic rings. The highest BCUT2D eigenvalue weighted by atomic mass is 32.2. The zero-order valence-electron chi connectivity index (χ0n) is 15.9. The summed E-state index contributed by atoms with van der Waals surface area (Å²) < 4.78 is 40.0. The molecule has 0 N–H and O–H groups in total. The number of hydrogen-bond acceptors (Lipinski definition) is 6. The number of morpholine rings is 1. The predicted molar refractivity (Wildman–Crippen MR) is 103 cm³/mol. The van der Waals surface area contributed by atoms with Gasteiger partial charge in [-0.15, -0.1) is 0 Å². The third-order valence-electron chi connectivity index (χ3n) is 5.65. The lowest BCUT2D eigenvalue weighted by Gasteiger charge is -2.45. The molecule has 1 saturated carbocycles. The van der Waals surface area contributed by atoms with Crippen LogP contribution in [0.1, 0.15) is 31.4 Å². The van der Waals surface area contributed by atoms with Gasteiger partial charge in [0.25, 0.3) is 0 Å². The number of nitrogens with zero attached hydrogens (tertiary/aromatic N) is 3. The van der Waals surface area contributed by atoms with Gasteiger partial charge in [0.15, 0.2) is 5.58 Å². The van der Waals surface area contributed by atoms with Crippen LogP contribution in [0.3, 0.4) is 0 Å². The second-order valence-corrected chi connectivity index (χ2v) is 9.97. The van der Waals surface area contributed by atoms with Crippen LogP contribution in [-0.2, 0) is 20.5 Å². The van der Waals surface area contributed by atoms with Crippen molar-refractivity contribution in [2.24, 2.45) is 0 Å². The van der Waals surface area contributed by atoms with Crippen molar-refractivity contribution in [2.75, 3.05) is 33.8 Å². The fraction of sp³-hybridized carbons (Fsp3) is 0.632. The minimum atomic E-state index is -3.55. The molecule has 0 amide bonds. The molecule has 1 aromatic heterocycles. The molecule has 1 unspecified atom stereocenters. The zero-order chi connectivity index (χ0) is 19.1. The number of fused-ring (bicyclic) bond motifs is 1. The smallest absolute Gasteiger partial charge is 0.220 e. The Bertz CT molecular complexity index is 903. The van der Waals surface area contributed by atoms with Crippen LogP contribution < -0.4 is 0 Å². The van der Waals surface area contributed by atoms with Gasteiger partial charge in [-0.2, -0.15) is 4.31 Å². The largest absolute Gasteiger partial charge is 0.372 e. The summed E-state index contributed by atoms with van der Waals surface area (Å²) in [5.74, 6) is -0.149. The van der Waals surface area contributed by atoms with Gasteiger partial charge >= 0.3 is 0 Å². The molecule has 2 fully saturated rings. The second-order valence-electron chi connectivity index (χ2n) is 8.04. The number of benzene rings is 1. The monoisotopic (exact) mass is 393 g/mol. The van der Waals surface area contributed by atoms with Crippen molar-refractivity contribution >= 4 is 21.0 Å². The van der Waals surface area contributed by atoms with E-state index in [1.807, 2.05) is 37.2 Å². The van der Waals surface area contributed by atoms with Crippen molar-refractivity contribution in [1.29, 1.82) is 0 Å². The minimum Gasteiger partial charge on any atom is -0.372 e. The van der Waals surface area contributed by atoms with Gasteiger partial charge in [0.05, 0.1) is 18.2 Å². The highest BCUT2D eigenvalue weighted by molar-refractivity contribution is 7.88. The second kappa shape index (κ2) is 7.16. The molecule has 0 radical (unpaired) electrons. The fourth-order valence-corrected chi connectivity index (χ4v) is 6.06. The Hall–Kier alpha value is -1.48. The van der Waals surface area contributed by atoms with Crippen LogP contribution >= 0.6 is 0 Å². The Morgan fingerprint density at radius 2 is 2.00 bits per heavy atom. The molecule has 8 heteroatoms. The van der Waals surface area contributed by atoms with Crippen molar-refractivity contribution < 1.29 is 17.7 Å². The van der Waals surface area contributed by atoms with Crippen molar-refractivity contribution in [3.8, 4) is 0 Å². The van der Waals surface area contributed by atoms with E-state index in [1.54, 1.807) is 10.4 Å². The van der Waals surface area contributed by atoms with Crippen molar-refractivity contribution in [1.82, 2.24) is 14.4 Å². The molecule has 1 aliphatic carbocycles. The third-order valence-corrected chi connectivity index (χ3v) is 7.43. The van der Waals surface area contributed by atoms with E-state index in [4.69, 9.17) is 9.26 Å². The number of likely N-dealkylation sites (N-methyl/N-ethyl adjacent to an activating group) is 1. The summed E-state index contributed by atoms with van der Waals surface area (Å²) in [7, 11) is 0.357. The van der Waals surface area contributed by atoms with Gasteiger partial charge in [0, 0.05) is 18.5 Å². The SMILES string of the molecule is CN(C)CC1COC2(CCCC2)CN1S(=O)(=O)Cc1noc2ccccc12. The summed E-state index contributed by atoms with van der Waals surface area (Å²) in [5.41, 5.74) is 0.768. The molecule has 4 rings (SSSR count). The Morgan fingerprint density at radius 3 is 2.74 bits per heavy atom. The standard InChI is InChI=1S/C19H27N3O4S/c1-21(2)11-15-12-25-19(9-5-6-10-19)14-22(15)27(23,24)13-17-16-7-3-4-8-18(16)26-20-17/h3-4,7-8,15H,5-6,9-14H2,1-2H3. The van der Waals surface area contributed by atoms with Crippen LogP contribution in [0.15, 0.2) is 28.8 Å². The average Bonchev–Trinajstić information content (AvgIpc) is 3.24. The molecule has 1 aromatic carbocycles. The molecule has 1 atom stereocenters. The predicted octanol–water partition coefficient (Wildman–Crippen LogP) is 2.23. The van der Waals surface area contributed by atoms with E-state index in [-0.39, 0.29) is 17.4 Å². The normalized spacial score (nSPS) is 23.6. The molecule has 27 heavy (non-hydrogen) atoms. The highest BCUT2D eigenvalue weighted by Gasteiger charge is 2.46. The van der Waals surface area contributed by atoms with Gasteiger partial charge in [-0.1, -0.05) is 30.1 Å². The van der Waals surface area contributed by atoms with Crippen LogP contribution in [0.25, 0.3) is 11.0 Å². The first-order valence-corrected chi connectivity index (χ1v) is 11.1. The summed E-state index contributed by atoms with van der Waals surface area (Å²) in [6.45, 7) is 1.51. The van der Waals surface area contributed by atoms with Gasteiger partial charge in [0.2, 0.25) is 10.0 Å². The van der Waals surface area contributed by atoms with E-state index in [2.05, 4.69) is 5.16 Å². The fourth-order valence-electron chi connectivity index (χ4n) is 4.33. The molecule has 1 saturated heterocycles. The lowest BCUT2D eigenvalue weighted by atomic mass is 9.99. The summed E-state index contributed by atoms with van der Waals surface area (Å²) >= 11 is 0. The average molecular weight is 394 g/mol. The van der Waals surface area contributed by atoms with Gasteiger partial charge < -0.3 is 14.2 Å². The molecule has 1 aliphatic heterocycles. The first kappa shape index (κ1) is 18.9. The molecule has 0 bridgehead atoms. The maximum Gasteiger partial charge on any atom is 0.220 e. The highest BCUT2D eigenvalue weighted by Crippen LogP contribution is 2.38. The van der Waals surface area contributed by atoms with Gasteiger partial charge in [-0.25, -0.2) is 8.42 Å². The zero-order valence-corrected chi connectivity index (χ0v) is 16.7. The minimum absolute atomic E-state index is 0.149. The summed E-state index contributed by atoms with van der Waals surface area (Å²) in [5, 5.41) is 4.79. The summed E-state index contributed by atoms with van der Waals surface area (Å²) in [4.78, 5) is 2.01. The molecule has 2 aromatic rings. The quantitative estimate of drug-likeness (QED) is 0.775.